The Hall–Kier alpha value is -2.28. The zero-order chi connectivity index (χ0) is 22.5. The summed E-state index contributed by atoms with van der Waals surface area (Å²) >= 11 is 1.61. The summed E-state index contributed by atoms with van der Waals surface area (Å²) in [5.74, 6) is -0.865. The highest BCUT2D eigenvalue weighted by molar-refractivity contribution is 7.98. The number of hydrogen-bond donors (Lipinski definition) is 0. The lowest BCUT2D eigenvalue weighted by Gasteiger charge is -2.38. The van der Waals surface area contributed by atoms with Gasteiger partial charge in [0.2, 0.25) is 0 Å². The Balaban J connectivity index is 1.16. The van der Waals surface area contributed by atoms with E-state index in [1.54, 1.807) is 16.7 Å². The number of carbonyl (C=O) groups is 1. The maximum Gasteiger partial charge on any atom is 0.410 e. The van der Waals surface area contributed by atoms with Crippen LogP contribution in [0.5, 0.6) is 5.75 Å². The zero-order valence-electron chi connectivity index (χ0n) is 18.3. The van der Waals surface area contributed by atoms with Crippen molar-refractivity contribution in [1.82, 2.24) is 4.90 Å². The number of likely N-dealkylation sites (tertiary alicyclic amines) is 1. The molecule has 2 aromatic carbocycles. The summed E-state index contributed by atoms with van der Waals surface area (Å²) in [6.07, 6.45) is 4.70. The van der Waals surface area contributed by atoms with Crippen molar-refractivity contribution in [2.75, 3.05) is 26.0 Å². The highest BCUT2D eigenvalue weighted by Crippen LogP contribution is 2.52. The SMILES string of the molecule is CSc1ccc(-c2cc(F)c(OCC3C4CN(C(=O)OC5(C)CCC5)CC34)c(F)c2)cc1. The monoisotopic (exact) mass is 459 g/mol. The molecule has 0 spiro atoms. The first-order valence-electron chi connectivity index (χ1n) is 11.1. The molecule has 1 heterocycles. The van der Waals surface area contributed by atoms with Crippen molar-refractivity contribution in [2.24, 2.45) is 17.8 Å². The average Bonchev–Trinajstić information content (AvgIpc) is 3.20. The molecule has 0 N–H and O–H groups in total. The summed E-state index contributed by atoms with van der Waals surface area (Å²) < 4.78 is 40.5. The Morgan fingerprint density at radius 1 is 1.09 bits per heavy atom. The van der Waals surface area contributed by atoms with E-state index in [9.17, 15) is 13.6 Å². The van der Waals surface area contributed by atoms with Crippen LogP contribution in [-0.4, -0.2) is 42.5 Å². The summed E-state index contributed by atoms with van der Waals surface area (Å²) in [6, 6.07) is 10.2. The molecule has 2 unspecified atom stereocenters. The number of ether oxygens (including phenoxy) is 2. The normalized spacial score (nSPS) is 25.1. The van der Waals surface area contributed by atoms with E-state index >= 15 is 0 Å². The molecule has 4 nitrogen and oxygen atoms in total. The van der Waals surface area contributed by atoms with Gasteiger partial charge in [-0.3, -0.25) is 0 Å². The Morgan fingerprint density at radius 3 is 2.25 bits per heavy atom. The molecule has 2 aromatic rings. The fourth-order valence-electron chi connectivity index (χ4n) is 4.93. The lowest BCUT2D eigenvalue weighted by atomic mass is 9.82. The topological polar surface area (TPSA) is 38.8 Å². The summed E-state index contributed by atoms with van der Waals surface area (Å²) in [5, 5.41) is 0. The number of rotatable bonds is 6. The fourth-order valence-corrected chi connectivity index (χ4v) is 5.33. The predicted octanol–water partition coefficient (Wildman–Crippen LogP) is 5.99. The van der Waals surface area contributed by atoms with E-state index in [2.05, 4.69) is 0 Å². The van der Waals surface area contributed by atoms with E-state index < -0.39 is 11.6 Å². The molecule has 170 valence electrons. The van der Waals surface area contributed by atoms with Crippen LogP contribution < -0.4 is 4.74 Å². The number of carbonyl (C=O) groups excluding carboxylic acids is 1. The van der Waals surface area contributed by atoms with Crippen LogP contribution in [0.3, 0.4) is 0 Å². The third kappa shape index (κ3) is 4.07. The van der Waals surface area contributed by atoms with E-state index in [4.69, 9.17) is 9.47 Å². The van der Waals surface area contributed by atoms with Crippen LogP contribution in [0, 0.1) is 29.4 Å². The molecular weight excluding hydrogens is 432 g/mol. The van der Waals surface area contributed by atoms with Crippen LogP contribution in [-0.2, 0) is 4.74 Å². The minimum Gasteiger partial charge on any atom is -0.487 e. The fraction of sp³-hybridized carbons (Fsp3) is 0.480. The standard InChI is InChI=1S/C25H27F2NO3S/c1-25(8-3-9-25)31-24(29)28-12-18-19(13-28)20(18)14-30-23-21(26)10-16(11-22(23)27)15-4-6-17(32-2)7-5-15/h4-7,10-11,18-20H,3,8-9,12-14H2,1-2H3. The highest BCUT2D eigenvalue weighted by atomic mass is 32.2. The van der Waals surface area contributed by atoms with E-state index in [0.29, 0.717) is 30.5 Å². The van der Waals surface area contributed by atoms with Crippen molar-refractivity contribution in [3.8, 4) is 16.9 Å². The van der Waals surface area contributed by atoms with Gasteiger partial charge in [0, 0.05) is 23.9 Å². The second-order valence-electron chi connectivity index (χ2n) is 9.38. The Bertz CT molecular complexity index is 989. The number of piperidine rings is 1. The second-order valence-corrected chi connectivity index (χ2v) is 10.3. The van der Waals surface area contributed by atoms with Crippen LogP contribution in [0.15, 0.2) is 41.3 Å². The molecule has 0 aromatic heterocycles. The van der Waals surface area contributed by atoms with Crippen molar-refractivity contribution in [3.63, 3.8) is 0 Å². The molecule has 7 heteroatoms. The highest BCUT2D eigenvalue weighted by Gasteiger charge is 2.57. The summed E-state index contributed by atoms with van der Waals surface area (Å²) in [4.78, 5) is 15.2. The molecule has 2 atom stereocenters. The molecule has 1 saturated heterocycles. The number of hydrogen-bond acceptors (Lipinski definition) is 4. The molecule has 3 aliphatic rings. The first-order valence-corrected chi connectivity index (χ1v) is 12.3. The first kappa shape index (κ1) is 21.6. The number of halogens is 2. The van der Waals surface area contributed by atoms with Crippen LogP contribution in [0.25, 0.3) is 11.1 Å². The first-order chi connectivity index (χ1) is 15.4. The Kier molecular flexibility index (Phi) is 5.56. The van der Waals surface area contributed by atoms with Crippen molar-refractivity contribution in [1.29, 1.82) is 0 Å². The van der Waals surface area contributed by atoms with E-state index in [-0.39, 0.29) is 30.0 Å². The number of amides is 1. The van der Waals surface area contributed by atoms with E-state index in [1.807, 2.05) is 37.4 Å². The van der Waals surface area contributed by atoms with Gasteiger partial charge in [-0.2, -0.15) is 0 Å². The maximum absolute atomic E-state index is 14.6. The maximum atomic E-state index is 14.6. The molecule has 1 aliphatic heterocycles. The Labute approximate surface area is 191 Å². The second kappa shape index (κ2) is 8.25. The smallest absolute Gasteiger partial charge is 0.410 e. The van der Waals surface area contributed by atoms with Gasteiger partial charge >= 0.3 is 6.09 Å². The van der Waals surface area contributed by atoms with Crippen molar-refractivity contribution >= 4 is 17.9 Å². The molecule has 2 aliphatic carbocycles. The van der Waals surface area contributed by atoms with Gasteiger partial charge in [0.15, 0.2) is 17.4 Å². The molecule has 3 fully saturated rings. The van der Waals surface area contributed by atoms with Crippen LogP contribution in [0.1, 0.15) is 26.2 Å². The van der Waals surface area contributed by atoms with Crippen molar-refractivity contribution in [3.05, 3.63) is 48.0 Å². The summed E-state index contributed by atoms with van der Waals surface area (Å²) in [7, 11) is 0. The largest absolute Gasteiger partial charge is 0.487 e. The minimum absolute atomic E-state index is 0.218. The molecule has 32 heavy (non-hydrogen) atoms. The molecular formula is C25H27F2NO3S. The molecule has 2 saturated carbocycles. The number of nitrogens with zero attached hydrogens (tertiary/aromatic N) is 1. The predicted molar refractivity (Wildman–Crippen MR) is 120 cm³/mol. The molecule has 1 amide bonds. The summed E-state index contributed by atoms with van der Waals surface area (Å²) in [5.41, 5.74) is 0.939. The zero-order valence-corrected chi connectivity index (χ0v) is 19.1. The Morgan fingerprint density at radius 2 is 1.72 bits per heavy atom. The molecule has 0 bridgehead atoms. The summed E-state index contributed by atoms with van der Waals surface area (Å²) in [6.45, 7) is 3.49. The average molecular weight is 460 g/mol. The van der Waals surface area contributed by atoms with Crippen LogP contribution in [0.2, 0.25) is 0 Å². The van der Waals surface area contributed by atoms with Gasteiger partial charge in [-0.15, -0.1) is 11.8 Å². The molecule has 5 rings (SSSR count). The minimum atomic E-state index is -0.696. The quantitative estimate of drug-likeness (QED) is 0.498. The number of fused-ring (bicyclic) bond motifs is 1. The van der Waals surface area contributed by atoms with Gasteiger partial charge in [-0.25, -0.2) is 13.6 Å². The van der Waals surface area contributed by atoms with Crippen molar-refractivity contribution in [2.45, 2.75) is 36.7 Å². The van der Waals surface area contributed by atoms with Gasteiger partial charge in [-0.05, 0) is 79.7 Å². The number of thioether (sulfide) groups is 1. The third-order valence-electron chi connectivity index (χ3n) is 7.22. The van der Waals surface area contributed by atoms with E-state index in [0.717, 1.165) is 29.7 Å². The van der Waals surface area contributed by atoms with Gasteiger partial charge < -0.3 is 14.4 Å². The van der Waals surface area contributed by atoms with Crippen LogP contribution >= 0.6 is 11.8 Å². The van der Waals surface area contributed by atoms with Crippen molar-refractivity contribution < 1.29 is 23.0 Å². The molecule has 0 radical (unpaired) electrons. The van der Waals surface area contributed by atoms with Gasteiger partial charge in [0.25, 0.3) is 0 Å². The van der Waals surface area contributed by atoms with Gasteiger partial charge in [0.1, 0.15) is 5.60 Å². The lowest BCUT2D eigenvalue weighted by Crippen LogP contribution is -2.43. The number of benzene rings is 2. The van der Waals surface area contributed by atoms with Gasteiger partial charge in [-0.1, -0.05) is 12.1 Å². The van der Waals surface area contributed by atoms with Crippen LogP contribution in [0.4, 0.5) is 13.6 Å². The van der Waals surface area contributed by atoms with Gasteiger partial charge in [0.05, 0.1) is 6.61 Å². The van der Waals surface area contributed by atoms with E-state index in [1.165, 1.54) is 12.1 Å². The lowest BCUT2D eigenvalue weighted by molar-refractivity contribution is -0.0469. The third-order valence-corrected chi connectivity index (χ3v) is 7.96.